The van der Waals surface area contributed by atoms with Crippen LogP contribution in [0.25, 0.3) is 66.8 Å². The van der Waals surface area contributed by atoms with E-state index in [0.29, 0.717) is 0 Å². The lowest BCUT2D eigenvalue weighted by atomic mass is 9.90. The molecule has 0 spiro atoms. The molecule has 1 aliphatic rings. The number of para-hydroxylation sites is 2. The molecule has 9 aromatic carbocycles. The van der Waals surface area contributed by atoms with Crippen molar-refractivity contribution in [3.63, 3.8) is 0 Å². The average Bonchev–Trinajstić information content (AvgIpc) is 3.42. The first-order chi connectivity index (χ1) is 27.8. The highest BCUT2D eigenvalue weighted by molar-refractivity contribution is 5.96. The molecule has 2 heteroatoms. The van der Waals surface area contributed by atoms with E-state index in [2.05, 4.69) is 229 Å². The van der Waals surface area contributed by atoms with E-state index in [9.17, 15) is 0 Å². The zero-order chi connectivity index (χ0) is 37.3. The summed E-state index contributed by atoms with van der Waals surface area (Å²) in [5, 5.41) is 0. The van der Waals surface area contributed by atoms with Gasteiger partial charge in [0.25, 0.3) is 0 Å². The van der Waals surface area contributed by atoms with Crippen LogP contribution < -0.4 is 9.64 Å². The number of fused-ring (bicyclic) bond motifs is 5. The Balaban J connectivity index is 1.05. The summed E-state index contributed by atoms with van der Waals surface area (Å²) >= 11 is 0. The predicted molar refractivity (Wildman–Crippen MR) is 234 cm³/mol. The highest BCUT2D eigenvalue weighted by Gasteiger charge is 2.24. The van der Waals surface area contributed by atoms with Crippen LogP contribution in [0, 0.1) is 0 Å². The van der Waals surface area contributed by atoms with Crippen LogP contribution in [-0.4, -0.2) is 0 Å². The fourth-order valence-electron chi connectivity index (χ4n) is 7.89. The summed E-state index contributed by atoms with van der Waals surface area (Å²) in [5.41, 5.74) is 17.0. The highest BCUT2D eigenvalue weighted by atomic mass is 16.5. The molecule has 0 atom stereocenters. The second-order valence-corrected chi connectivity index (χ2v) is 14.1. The van der Waals surface area contributed by atoms with Gasteiger partial charge in [0.2, 0.25) is 0 Å². The maximum atomic E-state index is 6.92. The van der Waals surface area contributed by atoms with Gasteiger partial charge in [-0.05, 0) is 98.6 Å². The second kappa shape index (κ2) is 14.4. The number of ether oxygens (including phenoxy) is 1. The largest absolute Gasteiger partial charge is 0.455 e. The van der Waals surface area contributed by atoms with E-state index in [1.807, 2.05) is 0 Å². The molecule has 0 aromatic heterocycles. The van der Waals surface area contributed by atoms with Crippen molar-refractivity contribution >= 4 is 17.1 Å². The van der Waals surface area contributed by atoms with E-state index in [4.69, 9.17) is 4.74 Å². The number of hydrogen-bond donors (Lipinski definition) is 0. The maximum absolute atomic E-state index is 6.92. The Morgan fingerprint density at radius 3 is 1.21 bits per heavy atom. The zero-order valence-electron chi connectivity index (χ0n) is 30.7. The van der Waals surface area contributed by atoms with Crippen molar-refractivity contribution in [3.8, 4) is 78.3 Å². The van der Waals surface area contributed by atoms with Gasteiger partial charge in [-0.3, -0.25) is 0 Å². The lowest BCUT2D eigenvalue weighted by Crippen LogP contribution is -2.09. The van der Waals surface area contributed by atoms with E-state index in [1.54, 1.807) is 0 Å². The van der Waals surface area contributed by atoms with Crippen LogP contribution >= 0.6 is 0 Å². The predicted octanol–water partition coefficient (Wildman–Crippen LogP) is 15.3. The van der Waals surface area contributed by atoms with Gasteiger partial charge in [-0.25, -0.2) is 0 Å². The third-order valence-corrected chi connectivity index (χ3v) is 10.7. The van der Waals surface area contributed by atoms with Crippen LogP contribution in [0.3, 0.4) is 0 Å². The smallest absolute Gasteiger partial charge is 0.143 e. The quantitative estimate of drug-likeness (QED) is 0.163. The van der Waals surface area contributed by atoms with Crippen LogP contribution in [-0.2, 0) is 0 Å². The van der Waals surface area contributed by atoms with Gasteiger partial charge in [0.1, 0.15) is 11.5 Å². The Hall–Kier alpha value is -7.42. The molecule has 9 aromatic rings. The Morgan fingerprint density at radius 1 is 0.250 bits per heavy atom. The molecule has 2 nitrogen and oxygen atoms in total. The van der Waals surface area contributed by atoms with Gasteiger partial charge < -0.3 is 9.64 Å². The Bertz CT molecular complexity index is 2690. The highest BCUT2D eigenvalue weighted by Crippen LogP contribution is 2.51. The number of rotatable bonds is 7. The Labute approximate surface area is 328 Å². The van der Waals surface area contributed by atoms with Crippen molar-refractivity contribution in [3.05, 3.63) is 224 Å². The molecule has 0 saturated carbocycles. The second-order valence-electron chi connectivity index (χ2n) is 14.1. The van der Waals surface area contributed by atoms with Crippen molar-refractivity contribution in [1.82, 2.24) is 0 Å². The molecule has 0 radical (unpaired) electrons. The molecule has 0 saturated heterocycles. The van der Waals surface area contributed by atoms with Crippen LogP contribution in [0.15, 0.2) is 224 Å². The van der Waals surface area contributed by atoms with Crippen molar-refractivity contribution in [2.24, 2.45) is 0 Å². The number of benzene rings is 9. The minimum absolute atomic E-state index is 0.853. The van der Waals surface area contributed by atoms with Crippen molar-refractivity contribution in [2.75, 3.05) is 4.90 Å². The molecule has 0 bridgehead atoms. The van der Waals surface area contributed by atoms with Crippen LogP contribution in [0.1, 0.15) is 0 Å². The SMILES string of the molecule is c1ccc(-c2ccc(N(c3ccc(-c4ccccc4)cc3)c3ccc(-c4cccc5c4Oc4ccccc4-c4cc(-c6ccccc6)ccc4-5)cc3)cc2)cc1. The van der Waals surface area contributed by atoms with Crippen molar-refractivity contribution in [2.45, 2.75) is 0 Å². The van der Waals surface area contributed by atoms with Gasteiger partial charge in [-0.2, -0.15) is 0 Å². The lowest BCUT2D eigenvalue weighted by molar-refractivity contribution is 0.489. The van der Waals surface area contributed by atoms with Gasteiger partial charge in [0.05, 0.1) is 0 Å². The molecular weight excluding hydrogens is 679 g/mol. The molecule has 264 valence electrons. The Kier molecular flexibility index (Phi) is 8.55. The third-order valence-electron chi connectivity index (χ3n) is 10.7. The fourth-order valence-corrected chi connectivity index (χ4v) is 7.89. The normalized spacial score (nSPS) is 11.4. The first-order valence-corrected chi connectivity index (χ1v) is 19.1. The molecule has 1 aliphatic heterocycles. The molecular formula is C54H37NO. The van der Waals surface area contributed by atoms with Crippen LogP contribution in [0.5, 0.6) is 11.5 Å². The summed E-state index contributed by atoms with van der Waals surface area (Å²) in [6.07, 6.45) is 0. The van der Waals surface area contributed by atoms with Gasteiger partial charge in [-0.1, -0.05) is 176 Å². The third kappa shape index (κ3) is 6.24. The van der Waals surface area contributed by atoms with E-state index >= 15 is 0 Å². The molecule has 0 aliphatic carbocycles. The van der Waals surface area contributed by atoms with Crippen molar-refractivity contribution < 1.29 is 4.74 Å². The lowest BCUT2D eigenvalue weighted by Gasteiger charge is -2.26. The van der Waals surface area contributed by atoms with Crippen LogP contribution in [0.4, 0.5) is 17.1 Å². The molecule has 56 heavy (non-hydrogen) atoms. The number of nitrogens with zero attached hydrogens (tertiary/aromatic N) is 1. The maximum Gasteiger partial charge on any atom is 0.143 e. The summed E-state index contributed by atoms with van der Waals surface area (Å²) in [6.45, 7) is 0. The van der Waals surface area contributed by atoms with Crippen molar-refractivity contribution in [1.29, 1.82) is 0 Å². The minimum Gasteiger partial charge on any atom is -0.455 e. The molecule has 0 N–H and O–H groups in total. The first kappa shape index (κ1) is 33.2. The summed E-state index contributed by atoms with van der Waals surface area (Å²) < 4.78 is 6.92. The van der Waals surface area contributed by atoms with Gasteiger partial charge in [-0.15, -0.1) is 0 Å². The van der Waals surface area contributed by atoms with E-state index in [1.165, 1.54) is 38.9 Å². The molecule has 0 unspecified atom stereocenters. The first-order valence-electron chi connectivity index (χ1n) is 19.1. The summed E-state index contributed by atoms with van der Waals surface area (Å²) in [4.78, 5) is 2.33. The van der Waals surface area contributed by atoms with E-state index in [0.717, 1.165) is 56.4 Å². The zero-order valence-corrected chi connectivity index (χ0v) is 30.7. The molecule has 0 amide bonds. The monoisotopic (exact) mass is 715 g/mol. The Morgan fingerprint density at radius 2 is 0.661 bits per heavy atom. The summed E-state index contributed by atoms with van der Waals surface area (Å²) in [7, 11) is 0. The molecule has 10 rings (SSSR count). The number of anilines is 3. The summed E-state index contributed by atoms with van der Waals surface area (Å²) in [6, 6.07) is 79.8. The standard InChI is InChI=1S/C54H37NO/c1-4-13-38(14-5-1)41-23-30-45(31-24-41)55(46-32-25-42(26-33-46)39-15-6-2-7-16-39)47-34-27-43(28-35-47)48-20-12-21-51-49-36-29-44(40-17-8-3-9-18-40)37-52(49)50-19-10-11-22-53(50)56-54(48)51/h1-37H. The molecule has 0 fully saturated rings. The molecule has 1 heterocycles. The fraction of sp³-hybridized carbons (Fsp3) is 0. The van der Waals surface area contributed by atoms with E-state index in [-0.39, 0.29) is 0 Å². The van der Waals surface area contributed by atoms with Gasteiger partial charge >= 0.3 is 0 Å². The summed E-state index contributed by atoms with van der Waals surface area (Å²) in [5.74, 6) is 1.72. The van der Waals surface area contributed by atoms with Gasteiger partial charge in [0, 0.05) is 33.8 Å². The topological polar surface area (TPSA) is 12.5 Å². The minimum atomic E-state index is 0.853. The van der Waals surface area contributed by atoms with Crippen LogP contribution in [0.2, 0.25) is 0 Å². The number of hydrogen-bond acceptors (Lipinski definition) is 2. The average molecular weight is 716 g/mol. The van der Waals surface area contributed by atoms with E-state index < -0.39 is 0 Å². The van der Waals surface area contributed by atoms with Gasteiger partial charge in [0.15, 0.2) is 0 Å².